The minimum atomic E-state index is -0.974. The highest BCUT2D eigenvalue weighted by molar-refractivity contribution is 6.31. The lowest BCUT2D eigenvalue weighted by Gasteiger charge is -2.10. The second-order valence-electron chi connectivity index (χ2n) is 27.5. The summed E-state index contributed by atoms with van der Waals surface area (Å²) in [6.45, 7) is 19.7. The van der Waals surface area contributed by atoms with E-state index in [9.17, 15) is 86.3 Å². The summed E-state index contributed by atoms with van der Waals surface area (Å²) < 4.78 is 0. The Morgan fingerprint density at radius 1 is 0.368 bits per heavy atom. The van der Waals surface area contributed by atoms with Crippen LogP contribution in [0.3, 0.4) is 0 Å². The van der Waals surface area contributed by atoms with E-state index in [1.807, 2.05) is 77.1 Å². The molecule has 31 nitrogen and oxygen atoms in total. The van der Waals surface area contributed by atoms with Crippen molar-refractivity contribution in [1.82, 2.24) is 26.6 Å². The highest BCUT2D eigenvalue weighted by atomic mass is 35.5. The van der Waals surface area contributed by atoms with Crippen LogP contribution >= 0.6 is 11.6 Å². The number of aryl methyl sites for hydroxylation is 4. The number of para-hydroxylation sites is 2. The number of carbonyl (C=O) groups is 18. The monoisotopic (exact) mass is 1740 g/mol. The van der Waals surface area contributed by atoms with Gasteiger partial charge in [0.15, 0.2) is 40.5 Å². The number of carbonyl (C=O) groups excluding carboxylic acids is 17. The fourth-order valence-corrected chi connectivity index (χ4v) is 11.0. The van der Waals surface area contributed by atoms with Crippen LogP contribution in [-0.4, -0.2) is 145 Å². The van der Waals surface area contributed by atoms with Crippen molar-refractivity contribution in [3.63, 3.8) is 0 Å². The van der Waals surface area contributed by atoms with Crippen molar-refractivity contribution in [1.29, 1.82) is 0 Å². The Hall–Kier alpha value is -14.5. The molecule has 0 saturated carbocycles. The minimum absolute atomic E-state index is 0. The summed E-state index contributed by atoms with van der Waals surface area (Å²) in [5, 5.41) is 34.7. The average Bonchev–Trinajstić information content (AvgIpc) is 0.851. The molecule has 8 rings (SSSR count). The minimum Gasteiger partial charge on any atom is -0.481 e. The van der Waals surface area contributed by atoms with Crippen LogP contribution in [0.15, 0.2) is 170 Å². The van der Waals surface area contributed by atoms with Crippen LogP contribution in [0.4, 0.5) is 39.8 Å². The zero-order chi connectivity index (χ0) is 92.8. The fraction of sp³-hybridized carbons (Fsp3) is 0.290. The molecule has 32 heteroatoms. The second-order valence-corrected chi connectivity index (χ2v) is 27.9. The molecule has 0 heterocycles. The van der Waals surface area contributed by atoms with Crippen molar-refractivity contribution in [3.05, 3.63) is 242 Å². The van der Waals surface area contributed by atoms with E-state index in [1.54, 1.807) is 128 Å². The first kappa shape index (κ1) is 109. The number of benzene rings is 8. The summed E-state index contributed by atoms with van der Waals surface area (Å²) in [6, 6.07) is 48.3. The molecular weight excluding hydrogens is 1620 g/mol. The number of hydrogen-bond donors (Lipinski definition) is 13. The Kier molecular flexibility index (Phi) is 52.2. The van der Waals surface area contributed by atoms with E-state index < -0.39 is 11.9 Å². The van der Waals surface area contributed by atoms with E-state index in [-0.39, 0.29) is 135 Å². The van der Waals surface area contributed by atoms with Gasteiger partial charge in [0.05, 0.1) is 34.4 Å². The molecule has 1 atom stereocenters. The highest BCUT2D eigenvalue weighted by Gasteiger charge is 2.21. The number of carboxylic acids is 1. The van der Waals surface area contributed by atoms with Gasteiger partial charge >= 0.3 is 5.97 Å². The third-order valence-electron chi connectivity index (χ3n) is 17.1. The smallest absolute Gasteiger partial charge is 0.306 e. The van der Waals surface area contributed by atoms with Crippen LogP contribution in [0.2, 0.25) is 5.02 Å². The van der Waals surface area contributed by atoms with E-state index in [0.717, 1.165) is 28.7 Å². The molecule has 1 unspecified atom stereocenters. The molecule has 0 saturated heterocycles. The maximum Gasteiger partial charge on any atom is 0.306 e. The lowest BCUT2D eigenvalue weighted by atomic mass is 9.99. The predicted molar refractivity (Wildman–Crippen MR) is 486 cm³/mol. The number of anilines is 7. The van der Waals surface area contributed by atoms with Gasteiger partial charge in [0, 0.05) is 173 Å². The predicted octanol–water partition coefficient (Wildman–Crippen LogP) is 13.2. The molecule has 0 radical (unpaired) electrons. The Bertz CT molecular complexity index is 4950. The summed E-state index contributed by atoms with van der Waals surface area (Å²) in [5.74, 6) is -3.47. The molecule has 0 aliphatic heterocycles. The van der Waals surface area contributed by atoms with Crippen LogP contribution in [0.25, 0.3) is 0 Å². The number of aliphatic carboxylic acids is 1. The van der Waals surface area contributed by atoms with Crippen LogP contribution in [0.1, 0.15) is 219 Å². The topological polar surface area (TPSA) is 500 Å². The van der Waals surface area contributed by atoms with Crippen molar-refractivity contribution in [2.45, 2.75) is 141 Å². The molecule has 0 aromatic heterocycles. The SMILES string of the molecule is C.CC(=O)NCCC(=O)c1cc(C)ccc1NC(C)=O.CC(=O)NCCC(=O)c1cc(C)ccc1NC=O.CC(=O)NCCC(=O)c1cc(Cl)ccc1NC=O.CC(CC(=O)c1ccccc1N)C(=O)O.CCC(=O)NCCC(=O)c1cc(C)ccc1NC=O.CCCC(=O)c1ccccc1N.Cc1ccc(NC=O)c(C(=O)CCNC(=O)c2ccccc2)c1. The number of ketones is 7. The number of halogens is 1. The largest absolute Gasteiger partial charge is 0.481 e. The number of amides is 10. The maximum absolute atomic E-state index is 12.3. The number of nitrogens with two attached hydrogens (primary N) is 2. The second kappa shape index (κ2) is 60.1. The maximum atomic E-state index is 12.3. The molecule has 0 fully saturated rings. The number of Topliss-reactive ketones (excluding diaryl/α,β-unsaturated/α-hetero) is 7. The van der Waals surface area contributed by atoms with E-state index in [2.05, 4.69) is 53.2 Å². The van der Waals surface area contributed by atoms with Gasteiger partial charge in [-0.3, -0.25) is 86.3 Å². The highest BCUT2D eigenvalue weighted by Crippen LogP contribution is 2.25. The number of nitrogens with one attached hydrogen (secondary N) is 10. The van der Waals surface area contributed by atoms with Gasteiger partial charge in [0.2, 0.25) is 55.2 Å². The van der Waals surface area contributed by atoms with Gasteiger partial charge in [0.25, 0.3) is 5.91 Å². The first-order valence-electron chi connectivity index (χ1n) is 39.2. The summed E-state index contributed by atoms with van der Waals surface area (Å²) in [6.07, 6.45) is 4.86. The molecule has 8 aromatic rings. The first-order valence-corrected chi connectivity index (χ1v) is 39.6. The summed E-state index contributed by atoms with van der Waals surface area (Å²) in [7, 11) is 0. The van der Waals surface area contributed by atoms with Gasteiger partial charge in [0.1, 0.15) is 0 Å². The van der Waals surface area contributed by atoms with Crippen molar-refractivity contribution in [3.8, 4) is 0 Å². The van der Waals surface area contributed by atoms with E-state index in [0.29, 0.717) is 147 Å². The van der Waals surface area contributed by atoms with Gasteiger partial charge in [-0.2, -0.15) is 0 Å². The summed E-state index contributed by atoms with van der Waals surface area (Å²) >= 11 is 5.81. The molecule has 10 amide bonds. The Balaban J connectivity index is 0.000000733. The molecule has 15 N–H and O–H groups in total. The fourth-order valence-electron chi connectivity index (χ4n) is 10.8. The lowest BCUT2D eigenvalue weighted by molar-refractivity contribution is -0.141. The van der Waals surface area contributed by atoms with E-state index in [1.165, 1.54) is 40.7 Å². The first-order chi connectivity index (χ1) is 58.9. The van der Waals surface area contributed by atoms with Gasteiger partial charge in [-0.05, 0) is 137 Å². The van der Waals surface area contributed by atoms with Crippen molar-refractivity contribution in [2.75, 3.05) is 70.8 Å². The Labute approximate surface area is 732 Å². The number of rotatable bonds is 38. The van der Waals surface area contributed by atoms with Crippen LogP contribution < -0.4 is 64.6 Å². The third-order valence-corrected chi connectivity index (χ3v) is 17.3. The normalized spacial score (nSPS) is 9.98. The van der Waals surface area contributed by atoms with Gasteiger partial charge < -0.3 is 69.7 Å². The number of carboxylic acid groups (broad SMARTS) is 1. The number of hydrogen-bond acceptors (Lipinski definition) is 20. The van der Waals surface area contributed by atoms with Crippen molar-refractivity contribution >= 4 is 159 Å². The summed E-state index contributed by atoms with van der Waals surface area (Å²) in [5.41, 5.74) is 22.1. The summed E-state index contributed by atoms with van der Waals surface area (Å²) in [4.78, 5) is 202. The van der Waals surface area contributed by atoms with Crippen LogP contribution in [0.5, 0.6) is 0 Å². The standard InChI is InChI=1S/C18H18N2O3.2C14H18N2O3.C13H16N2O3.C12H13ClN2O3.C11H13NO3.C10H13NO.CH4/c1-13-7-8-16(20-12-21)15(11-13)17(22)9-10-19-18(23)14-5-3-2-4-6-14;1-9-4-5-13(16-11(3)18)12(8-9)14(19)6-7-15-10(2)17;1-3-14(19)15-7-6-13(18)11-8-10(2)4-5-12(11)16-9-17;1-9-3-4-12(15-8-16)11(7-9)13(18)5-6-14-10(2)17;1-8(17)14-5-4-12(18)10-6-9(13)2-3-11(10)15-7-16;1-7(11(14)15)6-10(13)8-4-2-3-5-9(8)12;1-2-5-10(12)8-6-3-4-7-9(8)11;/h2-8,11-12H,9-10H2,1H3,(H,19,23)(H,20,21);4-5,8H,6-7H2,1-3H3,(H,15,17)(H,16,18);4-5,8-9H,3,6-7H2,1-2H3,(H,15,19)(H,16,17);3-4,7-8H,5-6H2,1-2H3,(H,14,17)(H,15,16);2-3,6-7H,4-5H2,1H3,(H,14,17)(H,15,16);2-5,7H,6,12H2,1H3,(H,14,15);3-4,6-7H,2,5,11H2,1H3;1H4. The number of nitrogen functional groups attached to an aromatic ring is 2. The molecule has 8 aromatic carbocycles. The Morgan fingerprint density at radius 3 is 1.00 bits per heavy atom. The van der Waals surface area contributed by atoms with Crippen LogP contribution in [-0.2, 0) is 47.9 Å². The van der Waals surface area contributed by atoms with Gasteiger partial charge in [-0.1, -0.05) is 129 Å². The molecule has 666 valence electrons. The Morgan fingerprint density at radius 2 is 0.672 bits per heavy atom. The zero-order valence-electron chi connectivity index (χ0n) is 71.3. The van der Waals surface area contributed by atoms with E-state index >= 15 is 0 Å². The van der Waals surface area contributed by atoms with Crippen molar-refractivity contribution < 1.29 is 91.4 Å². The van der Waals surface area contributed by atoms with E-state index in [4.69, 9.17) is 28.2 Å². The van der Waals surface area contributed by atoms with Gasteiger partial charge in [-0.25, -0.2) is 0 Å². The zero-order valence-corrected chi connectivity index (χ0v) is 72.0. The molecule has 0 spiro atoms. The molecule has 0 aliphatic carbocycles. The third kappa shape index (κ3) is 43.0. The van der Waals surface area contributed by atoms with Crippen molar-refractivity contribution in [2.24, 2.45) is 5.92 Å². The quantitative estimate of drug-likeness (QED) is 0.00971. The van der Waals surface area contributed by atoms with Crippen LogP contribution in [0, 0.1) is 33.6 Å². The molecule has 0 bridgehead atoms. The lowest BCUT2D eigenvalue weighted by Crippen LogP contribution is -2.26. The molecular formula is C93H113ClN12O19. The average molecular weight is 1740 g/mol. The molecule has 0 aliphatic rings. The van der Waals surface area contributed by atoms with Gasteiger partial charge in [-0.15, -0.1) is 0 Å². The molecule has 125 heavy (non-hydrogen) atoms.